The molecule has 11 heteroatoms. The van der Waals surface area contributed by atoms with E-state index >= 15 is 4.39 Å². The van der Waals surface area contributed by atoms with E-state index in [0.717, 1.165) is 25.8 Å². The van der Waals surface area contributed by atoms with Crippen molar-refractivity contribution < 1.29 is 27.8 Å². The number of phenolic OH excluding ortho intramolecular Hbond substituents is 1. The zero-order valence-corrected chi connectivity index (χ0v) is 23.9. The Hall–Kier alpha value is -4.14. The molecule has 0 aliphatic carbocycles. The number of anilines is 1. The number of nitrogens with zero attached hydrogens (tertiary/aromatic N) is 5. The molecule has 4 saturated heterocycles. The molecule has 2 aromatic heterocycles. The molecule has 0 amide bonds. The highest BCUT2D eigenvalue weighted by Gasteiger charge is 2.49. The lowest BCUT2D eigenvalue weighted by atomic mass is 9.95. The van der Waals surface area contributed by atoms with Crippen LogP contribution in [0.2, 0.25) is 0 Å². The number of benzene rings is 2. The molecular weight excluding hydrogens is 571 g/mol. The van der Waals surface area contributed by atoms with Crippen molar-refractivity contribution >= 4 is 27.5 Å². The SMILES string of the molecule is C#Cc1c(F)ccc2cc(O)cc(-c3ncc4c(N5C[C@@H]6CO[C@@H](C6)C5)nc(OC[C@@]56CCCN5C[C@H](F)C6)nc4c3F)c12. The van der Waals surface area contributed by atoms with Gasteiger partial charge in [-0.1, -0.05) is 12.0 Å². The minimum Gasteiger partial charge on any atom is -0.508 e. The van der Waals surface area contributed by atoms with Crippen LogP contribution >= 0.6 is 0 Å². The third-order valence-electron chi connectivity index (χ3n) is 9.69. The van der Waals surface area contributed by atoms with Gasteiger partial charge in [-0.05, 0) is 49.4 Å². The molecule has 4 atom stereocenters. The third kappa shape index (κ3) is 4.34. The summed E-state index contributed by atoms with van der Waals surface area (Å²) >= 11 is 0. The average Bonchev–Trinajstić information content (AvgIpc) is 3.66. The smallest absolute Gasteiger partial charge is 0.319 e. The standard InChI is InChI=1S/C33H30F3N5O3/c1-2-23-26(35)5-4-19-9-21(42)10-24(27(19)23)29-28(36)30-25(12-37-29)31(40-13-18-8-22(15-40)43-16-18)39-32(38-30)44-17-33-6-3-7-41(33)14-20(34)11-33/h1,4-5,9-10,12,18,20,22,42H,3,6-8,11,13-17H2/t18-,20-,22+,33+/m1/s1. The lowest BCUT2D eigenvalue weighted by molar-refractivity contribution is 0.107. The Balaban J connectivity index is 1.28. The second-order valence-corrected chi connectivity index (χ2v) is 12.5. The van der Waals surface area contributed by atoms with Crippen LogP contribution in [0, 0.1) is 29.9 Å². The van der Waals surface area contributed by atoms with Crippen molar-refractivity contribution in [2.24, 2.45) is 5.92 Å². The molecule has 0 unspecified atom stereocenters. The van der Waals surface area contributed by atoms with Crippen LogP contribution in [0.1, 0.15) is 31.2 Å². The minimum absolute atomic E-state index is 0.0120. The molecule has 2 aromatic carbocycles. The normalized spacial score (nSPS) is 26.4. The molecule has 226 valence electrons. The number of aromatic nitrogens is 3. The summed E-state index contributed by atoms with van der Waals surface area (Å²) in [7, 11) is 0. The number of ether oxygens (including phenoxy) is 2. The monoisotopic (exact) mass is 601 g/mol. The van der Waals surface area contributed by atoms with E-state index in [9.17, 15) is 13.9 Å². The summed E-state index contributed by atoms with van der Waals surface area (Å²) in [6.07, 6.45) is 9.38. The number of phenols is 1. The van der Waals surface area contributed by atoms with Crippen molar-refractivity contribution in [3.8, 4) is 35.4 Å². The molecule has 0 spiro atoms. The van der Waals surface area contributed by atoms with Crippen LogP contribution in [-0.2, 0) is 4.74 Å². The van der Waals surface area contributed by atoms with Gasteiger partial charge in [0.2, 0.25) is 0 Å². The largest absolute Gasteiger partial charge is 0.508 e. The summed E-state index contributed by atoms with van der Waals surface area (Å²) in [5, 5.41) is 11.6. The van der Waals surface area contributed by atoms with Crippen molar-refractivity contribution in [1.29, 1.82) is 0 Å². The number of hydrogen-bond acceptors (Lipinski definition) is 8. The quantitative estimate of drug-likeness (QED) is 0.321. The number of rotatable bonds is 5. The summed E-state index contributed by atoms with van der Waals surface area (Å²) in [6, 6.07) is 5.43. The number of terminal acetylenes is 1. The van der Waals surface area contributed by atoms with Crippen LogP contribution in [0.25, 0.3) is 32.9 Å². The number of aromatic hydroxyl groups is 1. The molecule has 6 heterocycles. The Kier molecular flexibility index (Phi) is 6.36. The molecule has 0 saturated carbocycles. The first-order valence-corrected chi connectivity index (χ1v) is 15.0. The molecule has 4 aliphatic heterocycles. The van der Waals surface area contributed by atoms with Crippen LogP contribution < -0.4 is 9.64 Å². The van der Waals surface area contributed by atoms with Gasteiger partial charge in [0.15, 0.2) is 5.82 Å². The van der Waals surface area contributed by atoms with E-state index in [-0.39, 0.29) is 52.2 Å². The Labute approximate surface area is 251 Å². The molecule has 4 aliphatic rings. The first-order valence-electron chi connectivity index (χ1n) is 15.0. The van der Waals surface area contributed by atoms with Gasteiger partial charge < -0.3 is 19.5 Å². The highest BCUT2D eigenvalue weighted by Crippen LogP contribution is 2.42. The molecule has 44 heavy (non-hydrogen) atoms. The van der Waals surface area contributed by atoms with E-state index in [1.54, 1.807) is 0 Å². The molecular formula is C33H30F3N5O3. The molecule has 4 aromatic rings. The van der Waals surface area contributed by atoms with Crippen molar-refractivity contribution in [1.82, 2.24) is 19.9 Å². The maximum Gasteiger partial charge on any atom is 0.319 e. The molecule has 8 nitrogen and oxygen atoms in total. The predicted molar refractivity (Wildman–Crippen MR) is 158 cm³/mol. The summed E-state index contributed by atoms with van der Waals surface area (Å²) < 4.78 is 58.0. The maximum atomic E-state index is 16.7. The molecule has 1 N–H and O–H groups in total. The van der Waals surface area contributed by atoms with Crippen molar-refractivity contribution in [3.05, 3.63) is 47.7 Å². The highest BCUT2D eigenvalue weighted by atomic mass is 19.1. The maximum absolute atomic E-state index is 16.7. The summed E-state index contributed by atoms with van der Waals surface area (Å²) in [4.78, 5) is 18.0. The van der Waals surface area contributed by atoms with Gasteiger partial charge in [-0.25, -0.2) is 13.2 Å². The minimum atomic E-state index is -0.920. The van der Waals surface area contributed by atoms with Gasteiger partial charge in [-0.2, -0.15) is 9.97 Å². The van der Waals surface area contributed by atoms with Crippen molar-refractivity contribution in [2.45, 2.75) is 43.5 Å². The van der Waals surface area contributed by atoms with E-state index < -0.39 is 23.3 Å². The average molecular weight is 602 g/mol. The van der Waals surface area contributed by atoms with E-state index in [1.807, 2.05) is 0 Å². The van der Waals surface area contributed by atoms with Crippen molar-refractivity contribution in [2.75, 3.05) is 44.3 Å². The van der Waals surface area contributed by atoms with E-state index in [0.29, 0.717) is 55.2 Å². The number of pyridine rings is 1. The number of hydrogen-bond donors (Lipinski definition) is 1. The fourth-order valence-electron chi connectivity index (χ4n) is 7.75. The second kappa shape index (κ2) is 10.2. The van der Waals surface area contributed by atoms with E-state index in [4.69, 9.17) is 20.9 Å². The van der Waals surface area contributed by atoms with Crippen LogP contribution in [0.5, 0.6) is 11.8 Å². The highest BCUT2D eigenvalue weighted by molar-refractivity contribution is 6.03. The van der Waals surface area contributed by atoms with Crippen molar-refractivity contribution in [3.63, 3.8) is 0 Å². The van der Waals surface area contributed by atoms with Gasteiger partial charge in [-0.3, -0.25) is 9.88 Å². The third-order valence-corrected chi connectivity index (χ3v) is 9.69. The topological polar surface area (TPSA) is 83.8 Å². The Bertz CT molecular complexity index is 1850. The Morgan fingerprint density at radius 2 is 2.07 bits per heavy atom. The molecule has 8 rings (SSSR count). The first-order chi connectivity index (χ1) is 21.3. The van der Waals surface area contributed by atoms with Gasteiger partial charge in [0, 0.05) is 49.1 Å². The molecule has 2 bridgehead atoms. The summed E-state index contributed by atoms with van der Waals surface area (Å²) in [5.41, 5.74) is -0.527. The second-order valence-electron chi connectivity index (χ2n) is 12.5. The number of fused-ring (bicyclic) bond motifs is 5. The zero-order valence-electron chi connectivity index (χ0n) is 23.9. The van der Waals surface area contributed by atoms with Crippen LogP contribution in [0.15, 0.2) is 30.5 Å². The van der Waals surface area contributed by atoms with E-state index in [1.165, 1.54) is 30.5 Å². The number of piperidine rings is 1. The van der Waals surface area contributed by atoms with Gasteiger partial charge >= 0.3 is 6.01 Å². The summed E-state index contributed by atoms with van der Waals surface area (Å²) in [5.74, 6) is 1.59. The van der Waals surface area contributed by atoms with Gasteiger partial charge in [0.1, 0.15) is 41.4 Å². The predicted octanol–water partition coefficient (Wildman–Crippen LogP) is 4.99. The van der Waals surface area contributed by atoms with Gasteiger partial charge in [0.05, 0.1) is 29.2 Å². The fourth-order valence-corrected chi connectivity index (χ4v) is 7.75. The summed E-state index contributed by atoms with van der Waals surface area (Å²) in [6.45, 7) is 3.29. The Morgan fingerprint density at radius 1 is 1.18 bits per heavy atom. The van der Waals surface area contributed by atoms with Crippen LogP contribution in [0.4, 0.5) is 19.0 Å². The van der Waals surface area contributed by atoms with Crippen LogP contribution in [-0.4, -0.2) is 82.2 Å². The van der Waals surface area contributed by atoms with E-state index in [2.05, 4.69) is 25.7 Å². The first kappa shape index (κ1) is 27.4. The van der Waals surface area contributed by atoms with Gasteiger partial charge in [-0.15, -0.1) is 6.42 Å². The van der Waals surface area contributed by atoms with Gasteiger partial charge in [0.25, 0.3) is 0 Å². The zero-order chi connectivity index (χ0) is 30.2. The lowest BCUT2D eigenvalue weighted by Gasteiger charge is -2.33. The fraction of sp³-hybridized carbons (Fsp3) is 0.424. The number of alkyl halides is 1. The molecule has 0 radical (unpaired) electrons. The number of halogens is 3. The Morgan fingerprint density at radius 3 is 2.91 bits per heavy atom. The van der Waals surface area contributed by atoms with Crippen LogP contribution in [0.3, 0.4) is 0 Å². The lowest BCUT2D eigenvalue weighted by Crippen LogP contribution is -2.43. The molecule has 4 fully saturated rings.